The summed E-state index contributed by atoms with van der Waals surface area (Å²) in [5.74, 6) is 0.133. The molecule has 0 saturated heterocycles. The van der Waals surface area contributed by atoms with Crippen LogP contribution in [0.2, 0.25) is 0 Å². The first-order valence-electron chi connectivity index (χ1n) is 5.80. The third-order valence-electron chi connectivity index (χ3n) is 3.27. The Bertz CT molecular complexity index is 430. The van der Waals surface area contributed by atoms with Crippen molar-refractivity contribution in [3.8, 4) is 0 Å². The number of carbonyl (C=O) groups is 1. The number of benzene rings is 1. The second-order valence-corrected chi connectivity index (χ2v) is 4.66. The average Bonchev–Trinajstić information content (AvgIpc) is 2.56. The smallest absolute Gasteiger partial charge is 0.259 e. The third kappa shape index (κ3) is 1.76. The highest BCUT2D eigenvalue weighted by atomic mass is 16.3. The van der Waals surface area contributed by atoms with Crippen molar-refractivity contribution in [1.82, 2.24) is 4.90 Å². The van der Waals surface area contributed by atoms with Gasteiger partial charge in [-0.2, -0.15) is 0 Å². The standard InChI is InChI=1S/C14H17NO2/c1-9(2)13(8-16)15-10(3)11-6-4-5-7-12(11)14(15)17/h4-7,9,13,16H,3,8H2,1-2H3. The van der Waals surface area contributed by atoms with Crippen molar-refractivity contribution in [3.05, 3.63) is 42.0 Å². The zero-order valence-electron chi connectivity index (χ0n) is 10.2. The van der Waals surface area contributed by atoms with Crippen LogP contribution in [0.25, 0.3) is 5.70 Å². The number of hydrogen-bond donors (Lipinski definition) is 1. The molecule has 1 aromatic carbocycles. The predicted molar refractivity (Wildman–Crippen MR) is 67.4 cm³/mol. The number of hydrogen-bond acceptors (Lipinski definition) is 2. The molecule has 1 amide bonds. The number of fused-ring (bicyclic) bond motifs is 1. The molecule has 1 aliphatic rings. The summed E-state index contributed by atoms with van der Waals surface area (Å²) in [6, 6.07) is 7.23. The van der Waals surface area contributed by atoms with E-state index in [1.54, 1.807) is 11.0 Å². The zero-order chi connectivity index (χ0) is 12.6. The molecule has 17 heavy (non-hydrogen) atoms. The number of rotatable bonds is 3. The quantitative estimate of drug-likeness (QED) is 0.865. The van der Waals surface area contributed by atoms with Crippen LogP contribution >= 0.6 is 0 Å². The summed E-state index contributed by atoms with van der Waals surface area (Å²) in [5, 5.41) is 9.44. The van der Waals surface area contributed by atoms with Gasteiger partial charge >= 0.3 is 0 Å². The third-order valence-corrected chi connectivity index (χ3v) is 3.27. The van der Waals surface area contributed by atoms with E-state index < -0.39 is 0 Å². The van der Waals surface area contributed by atoms with E-state index in [0.717, 1.165) is 5.56 Å². The first kappa shape index (κ1) is 11.9. The molecule has 3 heteroatoms. The maximum absolute atomic E-state index is 12.3. The van der Waals surface area contributed by atoms with Gasteiger partial charge in [0.2, 0.25) is 0 Å². The molecule has 2 rings (SSSR count). The molecule has 0 bridgehead atoms. The Kier molecular flexibility index (Phi) is 3.03. The Morgan fingerprint density at radius 3 is 2.35 bits per heavy atom. The molecule has 1 atom stereocenters. The Hall–Kier alpha value is -1.61. The van der Waals surface area contributed by atoms with E-state index in [1.807, 2.05) is 32.0 Å². The first-order chi connectivity index (χ1) is 8.07. The van der Waals surface area contributed by atoms with E-state index in [-0.39, 0.29) is 24.5 Å². The molecule has 0 aliphatic carbocycles. The molecule has 0 fully saturated rings. The fourth-order valence-electron chi connectivity index (χ4n) is 2.24. The summed E-state index contributed by atoms with van der Waals surface area (Å²) in [6.45, 7) is 7.91. The minimum atomic E-state index is -0.206. The molecule has 90 valence electrons. The Morgan fingerprint density at radius 1 is 1.29 bits per heavy atom. The van der Waals surface area contributed by atoms with E-state index in [2.05, 4.69) is 6.58 Å². The van der Waals surface area contributed by atoms with Crippen LogP contribution in [0, 0.1) is 5.92 Å². The average molecular weight is 231 g/mol. The molecule has 1 unspecified atom stereocenters. The van der Waals surface area contributed by atoms with Gasteiger partial charge in [-0.25, -0.2) is 0 Å². The van der Waals surface area contributed by atoms with Gasteiger partial charge in [0, 0.05) is 16.8 Å². The number of nitrogens with zero attached hydrogens (tertiary/aromatic N) is 1. The monoisotopic (exact) mass is 231 g/mol. The molecular formula is C14H17NO2. The van der Waals surface area contributed by atoms with Crippen molar-refractivity contribution >= 4 is 11.6 Å². The van der Waals surface area contributed by atoms with Crippen molar-refractivity contribution in [1.29, 1.82) is 0 Å². The van der Waals surface area contributed by atoms with Gasteiger partial charge in [-0.15, -0.1) is 0 Å². The minimum Gasteiger partial charge on any atom is -0.394 e. The molecule has 1 aliphatic heterocycles. The predicted octanol–water partition coefficient (Wildman–Crippen LogP) is 2.13. The van der Waals surface area contributed by atoms with E-state index in [0.29, 0.717) is 11.3 Å². The largest absolute Gasteiger partial charge is 0.394 e. The SMILES string of the molecule is C=C1c2ccccc2C(=O)N1C(CO)C(C)C. The Balaban J connectivity index is 2.42. The molecule has 1 aromatic rings. The van der Waals surface area contributed by atoms with E-state index in [9.17, 15) is 9.90 Å². The van der Waals surface area contributed by atoms with Crippen molar-refractivity contribution < 1.29 is 9.90 Å². The van der Waals surface area contributed by atoms with E-state index >= 15 is 0 Å². The summed E-state index contributed by atoms with van der Waals surface area (Å²) < 4.78 is 0. The van der Waals surface area contributed by atoms with Crippen LogP contribution in [0.15, 0.2) is 30.8 Å². The van der Waals surface area contributed by atoms with E-state index in [1.165, 1.54) is 0 Å². The van der Waals surface area contributed by atoms with Crippen LogP contribution in [0.3, 0.4) is 0 Å². The minimum absolute atomic E-state index is 0.0452. The first-order valence-corrected chi connectivity index (χ1v) is 5.80. The second kappa shape index (κ2) is 4.34. The Morgan fingerprint density at radius 2 is 1.88 bits per heavy atom. The van der Waals surface area contributed by atoms with Gasteiger partial charge in [0.15, 0.2) is 0 Å². The van der Waals surface area contributed by atoms with Gasteiger partial charge < -0.3 is 10.0 Å². The van der Waals surface area contributed by atoms with Gasteiger partial charge in [0.05, 0.1) is 12.6 Å². The van der Waals surface area contributed by atoms with Crippen LogP contribution < -0.4 is 0 Å². The lowest BCUT2D eigenvalue weighted by Crippen LogP contribution is -2.41. The highest BCUT2D eigenvalue weighted by Gasteiger charge is 2.36. The van der Waals surface area contributed by atoms with Gasteiger partial charge in [-0.05, 0) is 12.0 Å². The van der Waals surface area contributed by atoms with Crippen LogP contribution in [0.5, 0.6) is 0 Å². The molecule has 3 nitrogen and oxygen atoms in total. The summed E-state index contributed by atoms with van der Waals surface area (Å²) >= 11 is 0. The number of amides is 1. The highest BCUT2D eigenvalue weighted by molar-refractivity contribution is 6.09. The van der Waals surface area contributed by atoms with Gasteiger partial charge in [-0.3, -0.25) is 4.79 Å². The fraction of sp³-hybridized carbons (Fsp3) is 0.357. The van der Waals surface area contributed by atoms with Crippen LogP contribution in [-0.2, 0) is 0 Å². The van der Waals surface area contributed by atoms with Crippen molar-refractivity contribution in [3.63, 3.8) is 0 Å². The summed E-state index contributed by atoms with van der Waals surface area (Å²) in [6.07, 6.45) is 0. The molecule has 0 saturated carbocycles. The van der Waals surface area contributed by atoms with Crippen LogP contribution in [0.4, 0.5) is 0 Å². The Labute approximate surface area is 101 Å². The lowest BCUT2D eigenvalue weighted by molar-refractivity contribution is 0.0693. The van der Waals surface area contributed by atoms with Gasteiger partial charge in [0.1, 0.15) is 0 Å². The normalized spacial score (nSPS) is 16.6. The second-order valence-electron chi connectivity index (χ2n) is 4.66. The highest BCUT2D eigenvalue weighted by Crippen LogP contribution is 2.34. The van der Waals surface area contributed by atoms with Crippen LogP contribution in [-0.4, -0.2) is 28.6 Å². The maximum atomic E-state index is 12.3. The summed E-state index contributed by atoms with van der Waals surface area (Å²) in [5.41, 5.74) is 2.24. The number of carbonyl (C=O) groups excluding carboxylic acids is 1. The topological polar surface area (TPSA) is 40.5 Å². The fourth-order valence-corrected chi connectivity index (χ4v) is 2.24. The molecule has 0 aromatic heterocycles. The summed E-state index contributed by atoms with van der Waals surface area (Å²) in [7, 11) is 0. The number of aliphatic hydroxyl groups excluding tert-OH is 1. The van der Waals surface area contributed by atoms with Crippen molar-refractivity contribution in [2.45, 2.75) is 19.9 Å². The zero-order valence-corrected chi connectivity index (χ0v) is 10.2. The molecule has 0 spiro atoms. The van der Waals surface area contributed by atoms with Crippen molar-refractivity contribution in [2.75, 3.05) is 6.61 Å². The molecule has 1 heterocycles. The maximum Gasteiger partial charge on any atom is 0.259 e. The molecular weight excluding hydrogens is 214 g/mol. The lowest BCUT2D eigenvalue weighted by atomic mass is 10.0. The number of aliphatic hydroxyl groups is 1. The summed E-state index contributed by atoms with van der Waals surface area (Å²) in [4.78, 5) is 13.9. The lowest BCUT2D eigenvalue weighted by Gasteiger charge is -2.30. The molecule has 1 N–H and O–H groups in total. The molecule has 0 radical (unpaired) electrons. The van der Waals surface area contributed by atoms with Crippen LogP contribution in [0.1, 0.15) is 29.8 Å². The van der Waals surface area contributed by atoms with E-state index in [4.69, 9.17) is 0 Å². The van der Waals surface area contributed by atoms with Crippen molar-refractivity contribution in [2.24, 2.45) is 5.92 Å². The van der Waals surface area contributed by atoms with Gasteiger partial charge in [-0.1, -0.05) is 38.6 Å². The van der Waals surface area contributed by atoms with Gasteiger partial charge in [0.25, 0.3) is 5.91 Å².